The second-order valence-corrected chi connectivity index (χ2v) is 6.71. The Morgan fingerprint density at radius 1 is 0.704 bits per heavy atom. The Balaban J connectivity index is 1.53. The van der Waals surface area contributed by atoms with Crippen LogP contribution in [0.4, 0.5) is 0 Å². The van der Waals surface area contributed by atoms with Gasteiger partial charge in [-0.25, -0.2) is 4.90 Å². The van der Waals surface area contributed by atoms with Gasteiger partial charge >= 0.3 is 0 Å². The second-order valence-electron chi connectivity index (χ2n) is 6.71. The predicted octanol–water partition coefficient (Wildman–Crippen LogP) is 2.79. The van der Waals surface area contributed by atoms with Crippen molar-refractivity contribution in [2.24, 2.45) is 0 Å². The first-order valence-electron chi connectivity index (χ1n) is 9.11. The van der Waals surface area contributed by atoms with Crippen molar-refractivity contribution in [3.05, 3.63) is 107 Å². The number of hydrogen-bond acceptors (Lipinski definition) is 2. The zero-order valence-corrected chi connectivity index (χ0v) is 14.9. The van der Waals surface area contributed by atoms with Crippen LogP contribution in [0.5, 0.6) is 0 Å². The van der Waals surface area contributed by atoms with Gasteiger partial charge in [0.15, 0.2) is 6.67 Å². The maximum absolute atomic E-state index is 12.6. The van der Waals surface area contributed by atoms with E-state index < -0.39 is 0 Å². The normalized spacial score (nSPS) is 14.3. The molecule has 134 valence electrons. The minimum atomic E-state index is -0.210. The summed E-state index contributed by atoms with van der Waals surface area (Å²) in [6, 6.07) is 27.6. The molecule has 0 radical (unpaired) electrons. The van der Waals surface area contributed by atoms with Gasteiger partial charge in [-0.1, -0.05) is 72.8 Å². The highest BCUT2D eigenvalue weighted by atomic mass is 16.2. The van der Waals surface area contributed by atoms with Crippen LogP contribution < -0.4 is 5.32 Å². The van der Waals surface area contributed by atoms with E-state index in [4.69, 9.17) is 0 Å². The number of carbonyl (C=O) groups excluding carboxylic acids is 2. The Hall–Kier alpha value is -3.24. The Labute approximate surface area is 158 Å². The molecule has 0 bridgehead atoms. The maximum atomic E-state index is 12.6. The molecule has 1 aliphatic heterocycles. The summed E-state index contributed by atoms with van der Waals surface area (Å²) in [6.45, 7) is 0.304. The summed E-state index contributed by atoms with van der Waals surface area (Å²) in [5.41, 5.74) is 3.40. The SMILES string of the molecule is O=C1c2ccccc2C(=O)N1C[NH2+][C@H](Cc1ccccc1)c1ccccc1. The molecule has 0 fully saturated rings. The molecule has 4 nitrogen and oxygen atoms in total. The molecular weight excluding hydrogens is 336 g/mol. The first kappa shape index (κ1) is 17.2. The fourth-order valence-electron chi connectivity index (χ4n) is 3.54. The van der Waals surface area contributed by atoms with E-state index in [0.717, 1.165) is 6.42 Å². The third kappa shape index (κ3) is 3.52. The number of nitrogens with two attached hydrogens (primary N) is 1. The first-order chi connectivity index (χ1) is 13.2. The molecule has 1 heterocycles. The van der Waals surface area contributed by atoms with Crippen LogP contribution in [0.1, 0.15) is 37.9 Å². The molecule has 0 aromatic heterocycles. The van der Waals surface area contributed by atoms with Crippen LogP contribution in [0.3, 0.4) is 0 Å². The molecule has 2 N–H and O–H groups in total. The van der Waals surface area contributed by atoms with Crippen molar-refractivity contribution in [2.75, 3.05) is 6.67 Å². The molecule has 0 unspecified atom stereocenters. The van der Waals surface area contributed by atoms with Gasteiger partial charge in [-0.15, -0.1) is 0 Å². The van der Waals surface area contributed by atoms with Gasteiger partial charge in [0, 0.05) is 12.0 Å². The van der Waals surface area contributed by atoms with E-state index in [1.807, 2.05) is 36.4 Å². The molecule has 4 rings (SSSR count). The minimum Gasteiger partial charge on any atom is -0.322 e. The number of quaternary nitrogens is 1. The van der Waals surface area contributed by atoms with Gasteiger partial charge in [-0.05, 0) is 17.7 Å². The van der Waals surface area contributed by atoms with Crippen molar-refractivity contribution in [1.82, 2.24) is 4.90 Å². The lowest BCUT2D eigenvalue weighted by atomic mass is 9.99. The fourth-order valence-corrected chi connectivity index (χ4v) is 3.54. The number of benzene rings is 3. The van der Waals surface area contributed by atoms with Crippen molar-refractivity contribution in [2.45, 2.75) is 12.5 Å². The fraction of sp³-hybridized carbons (Fsp3) is 0.130. The van der Waals surface area contributed by atoms with E-state index in [2.05, 4.69) is 29.6 Å². The lowest BCUT2D eigenvalue weighted by molar-refractivity contribution is -0.705. The quantitative estimate of drug-likeness (QED) is 0.690. The highest BCUT2D eigenvalue weighted by Gasteiger charge is 2.36. The monoisotopic (exact) mass is 357 g/mol. The molecule has 1 aliphatic rings. The third-order valence-electron chi connectivity index (χ3n) is 4.98. The van der Waals surface area contributed by atoms with Gasteiger partial charge in [-0.2, -0.15) is 0 Å². The molecule has 0 saturated heterocycles. The highest BCUT2D eigenvalue weighted by molar-refractivity contribution is 6.21. The summed E-state index contributed by atoms with van der Waals surface area (Å²) in [7, 11) is 0. The van der Waals surface area contributed by atoms with Gasteiger partial charge in [0.05, 0.1) is 11.1 Å². The van der Waals surface area contributed by atoms with Crippen molar-refractivity contribution in [3.63, 3.8) is 0 Å². The predicted molar refractivity (Wildman–Crippen MR) is 103 cm³/mol. The largest absolute Gasteiger partial charge is 0.322 e. The topological polar surface area (TPSA) is 54.0 Å². The van der Waals surface area contributed by atoms with Gasteiger partial charge in [0.2, 0.25) is 0 Å². The molecule has 0 saturated carbocycles. The number of amides is 2. The summed E-state index contributed by atoms with van der Waals surface area (Å²) >= 11 is 0. The molecule has 4 heteroatoms. The minimum absolute atomic E-state index is 0.123. The molecule has 3 aromatic carbocycles. The number of rotatable bonds is 6. The number of carbonyl (C=O) groups is 2. The van der Waals surface area contributed by atoms with E-state index in [1.165, 1.54) is 16.0 Å². The van der Waals surface area contributed by atoms with E-state index in [0.29, 0.717) is 17.8 Å². The summed E-state index contributed by atoms with van der Waals surface area (Å²) in [5.74, 6) is -0.420. The molecule has 27 heavy (non-hydrogen) atoms. The van der Waals surface area contributed by atoms with E-state index in [1.54, 1.807) is 24.3 Å². The lowest BCUT2D eigenvalue weighted by Gasteiger charge is -2.20. The Kier molecular flexibility index (Phi) is 4.81. The average molecular weight is 357 g/mol. The van der Waals surface area contributed by atoms with Crippen LogP contribution in [-0.4, -0.2) is 23.4 Å². The van der Waals surface area contributed by atoms with Crippen LogP contribution in [-0.2, 0) is 6.42 Å². The first-order valence-corrected chi connectivity index (χ1v) is 9.11. The van der Waals surface area contributed by atoms with Crippen LogP contribution >= 0.6 is 0 Å². The molecule has 0 spiro atoms. The Morgan fingerprint density at radius 2 is 1.22 bits per heavy atom. The third-order valence-corrected chi connectivity index (χ3v) is 4.98. The van der Waals surface area contributed by atoms with Crippen LogP contribution in [0, 0.1) is 0 Å². The van der Waals surface area contributed by atoms with Crippen LogP contribution in [0.25, 0.3) is 0 Å². The lowest BCUT2D eigenvalue weighted by Crippen LogP contribution is -2.89. The average Bonchev–Trinajstić information content (AvgIpc) is 2.97. The van der Waals surface area contributed by atoms with Crippen molar-refractivity contribution in [1.29, 1.82) is 0 Å². The smallest absolute Gasteiger partial charge is 0.265 e. The van der Waals surface area contributed by atoms with Gasteiger partial charge in [0.1, 0.15) is 6.04 Å². The summed E-state index contributed by atoms with van der Waals surface area (Å²) < 4.78 is 0. The number of hydrogen-bond donors (Lipinski definition) is 1. The summed E-state index contributed by atoms with van der Waals surface area (Å²) in [6.07, 6.45) is 0.827. The van der Waals surface area contributed by atoms with E-state index in [9.17, 15) is 9.59 Å². The number of nitrogens with zero attached hydrogens (tertiary/aromatic N) is 1. The summed E-state index contributed by atoms with van der Waals surface area (Å²) in [4.78, 5) is 26.5. The molecule has 1 atom stereocenters. The van der Waals surface area contributed by atoms with Crippen molar-refractivity contribution >= 4 is 11.8 Å². The standard InChI is InChI=1S/C23H20N2O2/c26-22-19-13-7-8-14-20(19)23(27)25(22)16-24-21(18-11-5-2-6-12-18)15-17-9-3-1-4-10-17/h1-14,21,24H,15-16H2/p+1/t21-/m1/s1. The van der Waals surface area contributed by atoms with E-state index in [-0.39, 0.29) is 17.9 Å². The summed E-state index contributed by atoms with van der Waals surface area (Å²) in [5, 5.41) is 2.07. The Morgan fingerprint density at radius 3 is 1.81 bits per heavy atom. The molecule has 2 amide bonds. The van der Waals surface area contributed by atoms with E-state index >= 15 is 0 Å². The Bertz CT molecular complexity index is 919. The van der Waals surface area contributed by atoms with Crippen molar-refractivity contribution in [3.8, 4) is 0 Å². The number of fused-ring (bicyclic) bond motifs is 1. The maximum Gasteiger partial charge on any atom is 0.265 e. The number of imide groups is 1. The second kappa shape index (κ2) is 7.56. The highest BCUT2D eigenvalue weighted by Crippen LogP contribution is 2.21. The van der Waals surface area contributed by atoms with Gasteiger partial charge < -0.3 is 5.32 Å². The van der Waals surface area contributed by atoms with Crippen LogP contribution in [0.2, 0.25) is 0 Å². The van der Waals surface area contributed by atoms with Gasteiger partial charge in [0.25, 0.3) is 11.8 Å². The van der Waals surface area contributed by atoms with Crippen LogP contribution in [0.15, 0.2) is 84.9 Å². The molecule has 0 aliphatic carbocycles. The zero-order valence-electron chi connectivity index (χ0n) is 14.9. The zero-order chi connectivity index (χ0) is 18.6. The molecule has 3 aromatic rings. The van der Waals surface area contributed by atoms with Crippen molar-refractivity contribution < 1.29 is 14.9 Å². The molecular formula is C23H21N2O2+. The van der Waals surface area contributed by atoms with Gasteiger partial charge in [-0.3, -0.25) is 9.59 Å².